The number of Topliss-reactive ketones (excluding diaryl/α,β-unsaturated/α-hetero) is 1. The molecule has 0 saturated carbocycles. The Labute approximate surface area is 122 Å². The maximum absolute atomic E-state index is 12.1. The zero-order chi connectivity index (χ0) is 15.3. The second kappa shape index (κ2) is 7.26. The van der Waals surface area contributed by atoms with Gasteiger partial charge in [0.2, 0.25) is 0 Å². The van der Waals surface area contributed by atoms with Gasteiger partial charge < -0.3 is 15.5 Å². The van der Waals surface area contributed by atoms with E-state index in [1.165, 1.54) is 0 Å². The van der Waals surface area contributed by atoms with Gasteiger partial charge in [0.1, 0.15) is 5.78 Å². The Balaban J connectivity index is 3.12. The van der Waals surface area contributed by atoms with E-state index in [0.717, 1.165) is 0 Å². The molecule has 1 unspecified atom stereocenters. The van der Waals surface area contributed by atoms with Gasteiger partial charge in [0.05, 0.1) is 18.6 Å². The Morgan fingerprint density at radius 2 is 1.80 bits per heavy atom. The molecule has 0 saturated heterocycles. The third-order valence-electron chi connectivity index (χ3n) is 3.04. The van der Waals surface area contributed by atoms with Crippen molar-refractivity contribution in [2.75, 3.05) is 6.61 Å². The minimum atomic E-state index is -1.25. The molecular formula is C14H18ClNO4. The first-order chi connectivity index (χ1) is 9.36. The third-order valence-corrected chi connectivity index (χ3v) is 3.29. The number of hydrogen-bond donors (Lipinski definition) is 3. The molecule has 0 fully saturated rings. The molecule has 1 rings (SSSR count). The van der Waals surface area contributed by atoms with Gasteiger partial charge in [-0.2, -0.15) is 0 Å². The van der Waals surface area contributed by atoms with E-state index in [1.807, 2.05) is 0 Å². The van der Waals surface area contributed by atoms with Crippen LogP contribution in [0.4, 0.5) is 4.79 Å². The van der Waals surface area contributed by atoms with Crippen molar-refractivity contribution in [3.8, 4) is 0 Å². The first-order valence-corrected chi connectivity index (χ1v) is 6.64. The summed E-state index contributed by atoms with van der Waals surface area (Å²) in [6.45, 7) is 3.00. The fourth-order valence-corrected chi connectivity index (χ4v) is 2.13. The van der Waals surface area contributed by atoms with E-state index in [-0.39, 0.29) is 11.7 Å². The highest BCUT2D eigenvalue weighted by Gasteiger charge is 2.31. The molecule has 1 amide bonds. The second-order valence-electron chi connectivity index (χ2n) is 4.82. The maximum atomic E-state index is 12.1. The largest absolute Gasteiger partial charge is 0.465 e. The Morgan fingerprint density at radius 3 is 2.20 bits per heavy atom. The summed E-state index contributed by atoms with van der Waals surface area (Å²) in [6, 6.07) is 5.70. The topological polar surface area (TPSA) is 86.6 Å². The Morgan fingerprint density at radius 1 is 1.25 bits per heavy atom. The number of halogens is 1. The zero-order valence-electron chi connectivity index (χ0n) is 11.3. The molecule has 0 aliphatic heterocycles. The summed E-state index contributed by atoms with van der Waals surface area (Å²) in [4.78, 5) is 23.1. The molecule has 1 aromatic carbocycles. The van der Waals surface area contributed by atoms with Crippen LogP contribution in [0.5, 0.6) is 0 Å². The molecule has 0 aliphatic carbocycles. The lowest BCUT2D eigenvalue weighted by Crippen LogP contribution is -2.39. The van der Waals surface area contributed by atoms with Crippen molar-refractivity contribution in [1.82, 2.24) is 5.32 Å². The van der Waals surface area contributed by atoms with Crippen LogP contribution in [0.15, 0.2) is 24.3 Å². The number of carbonyl (C=O) groups excluding carboxylic acids is 1. The van der Waals surface area contributed by atoms with Crippen LogP contribution in [0.1, 0.15) is 25.5 Å². The number of ketones is 1. The second-order valence-corrected chi connectivity index (χ2v) is 5.26. The van der Waals surface area contributed by atoms with Gasteiger partial charge in [0.15, 0.2) is 0 Å². The maximum Gasteiger partial charge on any atom is 0.405 e. The van der Waals surface area contributed by atoms with Crippen LogP contribution in [-0.4, -0.2) is 28.7 Å². The number of benzene rings is 1. The van der Waals surface area contributed by atoms with Gasteiger partial charge in [0.25, 0.3) is 0 Å². The first-order valence-electron chi connectivity index (χ1n) is 6.26. The number of amides is 1. The molecular weight excluding hydrogens is 282 g/mol. The summed E-state index contributed by atoms with van der Waals surface area (Å²) in [5.41, 5.74) is 0.588. The van der Waals surface area contributed by atoms with Crippen LogP contribution in [0.2, 0.25) is 5.02 Å². The molecule has 20 heavy (non-hydrogen) atoms. The molecule has 2 atom stereocenters. The van der Waals surface area contributed by atoms with E-state index >= 15 is 0 Å². The molecule has 110 valence electrons. The minimum Gasteiger partial charge on any atom is -0.465 e. The molecule has 0 heterocycles. The van der Waals surface area contributed by atoms with Crippen LogP contribution in [0.3, 0.4) is 0 Å². The summed E-state index contributed by atoms with van der Waals surface area (Å²) in [5, 5.41) is 21.2. The minimum absolute atomic E-state index is 0.193. The molecule has 5 nitrogen and oxygen atoms in total. The number of aliphatic hydroxyl groups is 1. The summed E-state index contributed by atoms with van der Waals surface area (Å²) in [5.74, 6) is -1.31. The van der Waals surface area contributed by atoms with E-state index in [4.69, 9.17) is 16.7 Å². The summed E-state index contributed by atoms with van der Waals surface area (Å²) >= 11 is 5.80. The standard InChI is InChI=1S/C14H18ClNO4/c1-8(2)13(18)11(7-17)12(16-14(19)20)9-3-5-10(15)6-4-9/h3-6,8,11-12,16-17H,7H2,1-2H3,(H,19,20)/t11?,12-/m1/s1. The monoisotopic (exact) mass is 299 g/mol. The molecule has 0 spiro atoms. The van der Waals surface area contributed by atoms with Crippen LogP contribution in [-0.2, 0) is 4.79 Å². The molecule has 0 aromatic heterocycles. The van der Waals surface area contributed by atoms with Crippen molar-refractivity contribution in [2.24, 2.45) is 11.8 Å². The van der Waals surface area contributed by atoms with Crippen molar-refractivity contribution in [3.63, 3.8) is 0 Å². The predicted molar refractivity (Wildman–Crippen MR) is 75.8 cm³/mol. The van der Waals surface area contributed by atoms with Crippen LogP contribution >= 0.6 is 11.6 Å². The first kappa shape index (κ1) is 16.5. The Kier molecular flexibility index (Phi) is 5.98. The van der Waals surface area contributed by atoms with Gasteiger partial charge in [-0.25, -0.2) is 4.79 Å². The van der Waals surface area contributed by atoms with Crippen LogP contribution in [0, 0.1) is 11.8 Å². The lowest BCUT2D eigenvalue weighted by atomic mass is 9.86. The summed E-state index contributed by atoms with van der Waals surface area (Å²) < 4.78 is 0. The van der Waals surface area contributed by atoms with Gasteiger partial charge in [0, 0.05) is 10.9 Å². The fraction of sp³-hybridized carbons (Fsp3) is 0.429. The van der Waals surface area contributed by atoms with E-state index in [1.54, 1.807) is 38.1 Å². The molecule has 0 radical (unpaired) electrons. The van der Waals surface area contributed by atoms with Crippen molar-refractivity contribution < 1.29 is 19.8 Å². The quantitative estimate of drug-likeness (QED) is 0.753. The summed E-state index contributed by atoms with van der Waals surface area (Å²) in [7, 11) is 0. The van der Waals surface area contributed by atoms with Crippen molar-refractivity contribution in [2.45, 2.75) is 19.9 Å². The van der Waals surface area contributed by atoms with Crippen LogP contribution in [0.25, 0.3) is 0 Å². The van der Waals surface area contributed by atoms with Gasteiger partial charge in [-0.1, -0.05) is 37.6 Å². The number of aliphatic hydroxyl groups excluding tert-OH is 1. The normalized spacial score (nSPS) is 13.8. The molecule has 0 bridgehead atoms. The third kappa shape index (κ3) is 4.21. The molecule has 1 aromatic rings. The lowest BCUT2D eigenvalue weighted by molar-refractivity contribution is -0.128. The van der Waals surface area contributed by atoms with Crippen LogP contribution < -0.4 is 5.32 Å². The van der Waals surface area contributed by atoms with E-state index in [0.29, 0.717) is 10.6 Å². The average Bonchev–Trinajstić information content (AvgIpc) is 2.38. The molecule has 6 heteroatoms. The highest BCUT2D eigenvalue weighted by atomic mass is 35.5. The van der Waals surface area contributed by atoms with Gasteiger partial charge >= 0.3 is 6.09 Å². The van der Waals surface area contributed by atoms with E-state index in [2.05, 4.69) is 5.32 Å². The predicted octanol–water partition coefficient (Wildman–Crippen LogP) is 2.48. The number of rotatable bonds is 6. The SMILES string of the molecule is CC(C)C(=O)C(CO)[C@H](NC(=O)O)c1ccc(Cl)cc1. The number of carboxylic acid groups (broad SMARTS) is 1. The van der Waals surface area contributed by atoms with Crippen molar-refractivity contribution >= 4 is 23.5 Å². The lowest BCUT2D eigenvalue weighted by Gasteiger charge is -2.26. The molecule has 0 aliphatic rings. The van der Waals surface area contributed by atoms with Gasteiger partial charge in [-0.15, -0.1) is 0 Å². The van der Waals surface area contributed by atoms with Gasteiger partial charge in [-0.05, 0) is 17.7 Å². The molecule has 3 N–H and O–H groups in total. The zero-order valence-corrected chi connectivity index (χ0v) is 12.1. The Hall–Kier alpha value is -1.59. The van der Waals surface area contributed by atoms with Gasteiger partial charge in [-0.3, -0.25) is 4.79 Å². The summed E-state index contributed by atoms with van der Waals surface area (Å²) in [6.07, 6.45) is -1.25. The highest BCUT2D eigenvalue weighted by molar-refractivity contribution is 6.30. The van der Waals surface area contributed by atoms with E-state index in [9.17, 15) is 14.7 Å². The highest BCUT2D eigenvalue weighted by Crippen LogP contribution is 2.26. The number of hydrogen-bond acceptors (Lipinski definition) is 3. The average molecular weight is 300 g/mol. The van der Waals surface area contributed by atoms with Crippen molar-refractivity contribution in [1.29, 1.82) is 0 Å². The van der Waals surface area contributed by atoms with E-state index < -0.39 is 24.7 Å². The number of nitrogens with one attached hydrogen (secondary N) is 1. The van der Waals surface area contributed by atoms with Crippen molar-refractivity contribution in [3.05, 3.63) is 34.9 Å². The fourth-order valence-electron chi connectivity index (χ4n) is 2.01. The Bertz CT molecular complexity index is 473. The number of carbonyl (C=O) groups is 2. The smallest absolute Gasteiger partial charge is 0.405 e.